The van der Waals surface area contributed by atoms with Crippen molar-refractivity contribution in [3.05, 3.63) is 24.5 Å². The van der Waals surface area contributed by atoms with Crippen LogP contribution in [0.5, 0.6) is 0 Å². The highest BCUT2D eigenvalue weighted by atomic mass is 32.1. The maximum atomic E-state index is 5.12. The normalized spacial score (nSPS) is 9.92. The Labute approximate surface area is 78.0 Å². The van der Waals surface area contributed by atoms with Crippen LogP contribution in [0.2, 0.25) is 0 Å². The number of aromatic nitrogens is 1. The first-order valence-electron chi connectivity index (χ1n) is 3.91. The summed E-state index contributed by atoms with van der Waals surface area (Å²) in [6.45, 7) is 4.12. The fourth-order valence-corrected chi connectivity index (χ4v) is 0.841. The monoisotopic (exact) mass is 180 g/mol. The van der Waals surface area contributed by atoms with Crippen LogP contribution >= 0.6 is 12.2 Å². The van der Waals surface area contributed by atoms with E-state index in [1.54, 1.807) is 12.4 Å². The van der Waals surface area contributed by atoms with Gasteiger partial charge in [-0.05, 0) is 12.1 Å². The van der Waals surface area contributed by atoms with Crippen molar-refractivity contribution in [1.82, 2.24) is 4.98 Å². The Balaban J connectivity index is 2.59. The number of thiocarbonyl (C=S) groups is 1. The molecule has 1 rings (SSSR count). The standard InChI is InChI=1S/C9H12N2S/c1-7(2)9(12)11-8-4-3-5-10-6-8/h3-7H,1-2H3,(H,11,12). The topological polar surface area (TPSA) is 24.9 Å². The van der Waals surface area contributed by atoms with Crippen molar-refractivity contribution >= 4 is 22.9 Å². The minimum Gasteiger partial charge on any atom is -0.349 e. The van der Waals surface area contributed by atoms with E-state index >= 15 is 0 Å². The predicted octanol–water partition coefficient (Wildman–Crippen LogP) is 2.48. The zero-order valence-electron chi connectivity index (χ0n) is 7.24. The van der Waals surface area contributed by atoms with Gasteiger partial charge in [0, 0.05) is 12.1 Å². The van der Waals surface area contributed by atoms with Crippen LogP contribution in [-0.4, -0.2) is 9.97 Å². The molecule has 3 heteroatoms. The maximum absolute atomic E-state index is 5.12. The minimum atomic E-state index is 0.375. The Morgan fingerprint density at radius 2 is 2.33 bits per heavy atom. The molecule has 0 aliphatic heterocycles. The average Bonchev–Trinajstić information content (AvgIpc) is 2.06. The molecule has 0 atom stereocenters. The van der Waals surface area contributed by atoms with Gasteiger partial charge in [0.05, 0.1) is 16.9 Å². The highest BCUT2D eigenvalue weighted by Gasteiger charge is 2.01. The second-order valence-corrected chi connectivity index (χ2v) is 3.33. The van der Waals surface area contributed by atoms with Crippen LogP contribution in [0.25, 0.3) is 0 Å². The van der Waals surface area contributed by atoms with Gasteiger partial charge in [-0.2, -0.15) is 0 Å². The Bertz CT molecular complexity index is 256. The molecule has 0 unspecified atom stereocenters. The number of anilines is 1. The summed E-state index contributed by atoms with van der Waals surface area (Å²) in [5.74, 6) is 0.375. The molecule has 0 aliphatic rings. The third-order valence-electron chi connectivity index (χ3n) is 1.45. The van der Waals surface area contributed by atoms with Crippen LogP contribution in [-0.2, 0) is 0 Å². The summed E-state index contributed by atoms with van der Waals surface area (Å²) in [5.41, 5.74) is 0.955. The van der Waals surface area contributed by atoms with Gasteiger partial charge in [-0.15, -0.1) is 0 Å². The van der Waals surface area contributed by atoms with Crippen molar-refractivity contribution < 1.29 is 0 Å². The largest absolute Gasteiger partial charge is 0.349 e. The van der Waals surface area contributed by atoms with E-state index in [4.69, 9.17) is 12.2 Å². The lowest BCUT2D eigenvalue weighted by Gasteiger charge is -2.09. The smallest absolute Gasteiger partial charge is 0.0823 e. The molecule has 0 bridgehead atoms. The molecule has 0 radical (unpaired) electrons. The van der Waals surface area contributed by atoms with Gasteiger partial charge in [-0.3, -0.25) is 4.98 Å². The van der Waals surface area contributed by atoms with E-state index < -0.39 is 0 Å². The number of pyridine rings is 1. The molecule has 1 aromatic heterocycles. The fraction of sp³-hybridized carbons (Fsp3) is 0.333. The molecule has 1 aromatic rings. The summed E-state index contributed by atoms with van der Waals surface area (Å²) < 4.78 is 0. The Morgan fingerprint density at radius 3 is 2.83 bits per heavy atom. The van der Waals surface area contributed by atoms with E-state index in [2.05, 4.69) is 24.1 Å². The highest BCUT2D eigenvalue weighted by molar-refractivity contribution is 7.80. The number of rotatable bonds is 2. The Morgan fingerprint density at radius 1 is 1.58 bits per heavy atom. The summed E-state index contributed by atoms with van der Waals surface area (Å²) >= 11 is 5.12. The van der Waals surface area contributed by atoms with Gasteiger partial charge in [0.25, 0.3) is 0 Å². The van der Waals surface area contributed by atoms with E-state index in [0.717, 1.165) is 10.7 Å². The van der Waals surface area contributed by atoms with Gasteiger partial charge < -0.3 is 5.32 Å². The SMILES string of the molecule is CC(C)C(=S)Nc1cccnc1. The predicted molar refractivity (Wildman–Crippen MR) is 55.3 cm³/mol. The summed E-state index contributed by atoms with van der Waals surface area (Å²) in [4.78, 5) is 4.82. The van der Waals surface area contributed by atoms with Gasteiger partial charge in [-0.1, -0.05) is 26.1 Å². The highest BCUT2D eigenvalue weighted by Crippen LogP contribution is 2.06. The number of nitrogens with one attached hydrogen (secondary N) is 1. The van der Waals surface area contributed by atoms with Crippen molar-refractivity contribution in [2.24, 2.45) is 5.92 Å². The van der Waals surface area contributed by atoms with Crippen LogP contribution in [0.3, 0.4) is 0 Å². The molecule has 0 amide bonds. The van der Waals surface area contributed by atoms with Crippen LogP contribution < -0.4 is 5.32 Å². The molecule has 2 nitrogen and oxygen atoms in total. The van der Waals surface area contributed by atoms with E-state index in [-0.39, 0.29) is 0 Å². The summed E-state index contributed by atoms with van der Waals surface area (Å²) in [6.07, 6.45) is 3.50. The number of nitrogens with zero attached hydrogens (tertiary/aromatic N) is 1. The van der Waals surface area contributed by atoms with E-state index in [1.165, 1.54) is 0 Å². The molecule has 0 saturated carbocycles. The van der Waals surface area contributed by atoms with Crippen LogP contribution in [0.1, 0.15) is 13.8 Å². The molecule has 0 aliphatic carbocycles. The first-order valence-corrected chi connectivity index (χ1v) is 4.32. The van der Waals surface area contributed by atoms with Crippen molar-refractivity contribution in [2.45, 2.75) is 13.8 Å². The first kappa shape index (κ1) is 9.13. The summed E-state index contributed by atoms with van der Waals surface area (Å²) in [6, 6.07) is 3.83. The van der Waals surface area contributed by atoms with Crippen LogP contribution in [0, 0.1) is 5.92 Å². The molecule has 12 heavy (non-hydrogen) atoms. The zero-order valence-corrected chi connectivity index (χ0v) is 8.06. The third-order valence-corrected chi connectivity index (χ3v) is 2.03. The lowest BCUT2D eigenvalue weighted by molar-refractivity contribution is 0.898. The third kappa shape index (κ3) is 2.58. The second-order valence-electron chi connectivity index (χ2n) is 2.89. The maximum Gasteiger partial charge on any atom is 0.0823 e. The molecule has 0 fully saturated rings. The van der Waals surface area contributed by atoms with Gasteiger partial charge >= 0.3 is 0 Å². The lowest BCUT2D eigenvalue weighted by atomic mass is 10.2. The van der Waals surface area contributed by atoms with Crippen molar-refractivity contribution in [3.8, 4) is 0 Å². The molecule has 1 heterocycles. The first-order chi connectivity index (χ1) is 5.70. The molecular formula is C9H12N2S. The summed E-state index contributed by atoms with van der Waals surface area (Å²) in [5, 5.41) is 3.11. The van der Waals surface area contributed by atoms with Gasteiger partial charge in [0.15, 0.2) is 0 Å². The van der Waals surface area contributed by atoms with Gasteiger partial charge in [0.2, 0.25) is 0 Å². The van der Waals surface area contributed by atoms with Crippen LogP contribution in [0.15, 0.2) is 24.5 Å². The molecule has 0 spiro atoms. The Hall–Kier alpha value is -0.960. The van der Waals surface area contributed by atoms with E-state index in [9.17, 15) is 0 Å². The van der Waals surface area contributed by atoms with E-state index in [1.807, 2.05) is 12.1 Å². The van der Waals surface area contributed by atoms with Crippen molar-refractivity contribution in [1.29, 1.82) is 0 Å². The molecule has 1 N–H and O–H groups in total. The van der Waals surface area contributed by atoms with Crippen molar-refractivity contribution in [3.63, 3.8) is 0 Å². The van der Waals surface area contributed by atoms with Crippen molar-refractivity contribution in [2.75, 3.05) is 5.32 Å². The molecule has 0 saturated heterocycles. The summed E-state index contributed by atoms with van der Waals surface area (Å²) in [7, 11) is 0. The molecular weight excluding hydrogens is 168 g/mol. The quantitative estimate of drug-likeness (QED) is 0.708. The second kappa shape index (κ2) is 4.16. The van der Waals surface area contributed by atoms with Crippen LogP contribution in [0.4, 0.5) is 5.69 Å². The average molecular weight is 180 g/mol. The fourth-order valence-electron chi connectivity index (χ4n) is 0.723. The number of hydrogen-bond acceptors (Lipinski definition) is 2. The van der Waals surface area contributed by atoms with Gasteiger partial charge in [-0.25, -0.2) is 0 Å². The Kier molecular flexibility index (Phi) is 3.17. The zero-order chi connectivity index (χ0) is 8.97. The number of hydrogen-bond donors (Lipinski definition) is 1. The lowest BCUT2D eigenvalue weighted by Crippen LogP contribution is -2.15. The molecule has 0 aromatic carbocycles. The minimum absolute atomic E-state index is 0.375. The molecule has 64 valence electrons. The van der Waals surface area contributed by atoms with E-state index in [0.29, 0.717) is 5.92 Å². The van der Waals surface area contributed by atoms with Gasteiger partial charge in [0.1, 0.15) is 0 Å².